The van der Waals surface area contributed by atoms with E-state index in [0.29, 0.717) is 22.6 Å². The van der Waals surface area contributed by atoms with Crippen molar-refractivity contribution in [2.75, 3.05) is 4.90 Å². The molecule has 4 rings (SSSR count). The monoisotopic (exact) mass is 507 g/mol. The van der Waals surface area contributed by atoms with Crippen LogP contribution < -0.4 is 10.2 Å². The van der Waals surface area contributed by atoms with Gasteiger partial charge in [-0.25, -0.2) is 14.5 Å². The highest BCUT2D eigenvalue weighted by molar-refractivity contribution is 9.10. The van der Waals surface area contributed by atoms with Crippen LogP contribution in [0.2, 0.25) is 0 Å². The third-order valence-electron chi connectivity index (χ3n) is 5.31. The Morgan fingerprint density at radius 2 is 1.70 bits per heavy atom. The number of rotatable bonds is 4. The number of carbonyl (C=O) groups is 4. The Labute approximate surface area is 197 Å². The molecule has 1 saturated heterocycles. The fourth-order valence-electron chi connectivity index (χ4n) is 3.75. The molecule has 2 heterocycles. The molecule has 1 fully saturated rings. The van der Waals surface area contributed by atoms with Crippen LogP contribution in [0, 0.1) is 13.8 Å². The lowest BCUT2D eigenvalue weighted by atomic mass is 10.1. The Balaban J connectivity index is 1.76. The SMILES string of the molecule is Cc1cc(/C=C2/C(=O)NC(=O)N(c3ccc(Br)cc3)C2=O)c(C)n1-c1cccc(C(=O)O)c1. The second-order valence-electron chi connectivity index (χ2n) is 7.45. The van der Waals surface area contributed by atoms with Crippen LogP contribution in [0.15, 0.2) is 64.6 Å². The van der Waals surface area contributed by atoms with E-state index in [1.807, 2.05) is 11.5 Å². The van der Waals surface area contributed by atoms with E-state index in [-0.39, 0.29) is 11.1 Å². The maximum atomic E-state index is 13.1. The highest BCUT2D eigenvalue weighted by Crippen LogP contribution is 2.27. The lowest BCUT2D eigenvalue weighted by molar-refractivity contribution is -0.122. The number of imide groups is 2. The minimum Gasteiger partial charge on any atom is -0.478 e. The number of hydrogen-bond donors (Lipinski definition) is 2. The first-order valence-corrected chi connectivity index (χ1v) is 10.7. The van der Waals surface area contributed by atoms with Gasteiger partial charge in [-0.2, -0.15) is 0 Å². The van der Waals surface area contributed by atoms with Gasteiger partial charge in [0.25, 0.3) is 11.8 Å². The summed E-state index contributed by atoms with van der Waals surface area (Å²) in [6.45, 7) is 3.64. The number of anilines is 1. The molecule has 9 heteroatoms. The van der Waals surface area contributed by atoms with Crippen LogP contribution in [-0.4, -0.2) is 33.5 Å². The fourth-order valence-corrected chi connectivity index (χ4v) is 4.01. The number of amides is 4. The molecule has 0 radical (unpaired) electrons. The second-order valence-corrected chi connectivity index (χ2v) is 8.37. The van der Waals surface area contributed by atoms with E-state index in [1.54, 1.807) is 55.5 Å². The molecule has 0 spiro atoms. The molecule has 0 atom stereocenters. The highest BCUT2D eigenvalue weighted by Gasteiger charge is 2.37. The summed E-state index contributed by atoms with van der Waals surface area (Å²) >= 11 is 3.31. The number of benzene rings is 2. The Morgan fingerprint density at radius 1 is 1.00 bits per heavy atom. The van der Waals surface area contributed by atoms with Crippen molar-refractivity contribution in [3.05, 3.63) is 87.2 Å². The van der Waals surface area contributed by atoms with Crippen molar-refractivity contribution in [2.24, 2.45) is 0 Å². The average molecular weight is 508 g/mol. The molecule has 3 aromatic rings. The number of barbiturate groups is 1. The molecular formula is C24H18BrN3O5. The summed E-state index contributed by atoms with van der Waals surface area (Å²) in [5.41, 5.74) is 3.01. The first-order valence-electron chi connectivity index (χ1n) is 9.87. The first-order chi connectivity index (χ1) is 15.7. The van der Waals surface area contributed by atoms with Crippen molar-refractivity contribution in [3.63, 3.8) is 0 Å². The van der Waals surface area contributed by atoms with Crippen LogP contribution in [0.3, 0.4) is 0 Å². The molecule has 0 unspecified atom stereocenters. The number of carbonyl (C=O) groups excluding carboxylic acids is 3. The quantitative estimate of drug-likeness (QED) is 0.405. The minimum atomic E-state index is -1.04. The number of carboxylic acid groups (broad SMARTS) is 1. The highest BCUT2D eigenvalue weighted by atomic mass is 79.9. The Kier molecular flexibility index (Phi) is 5.73. The second kappa shape index (κ2) is 8.51. The molecular weight excluding hydrogens is 490 g/mol. The molecule has 0 saturated carbocycles. The van der Waals surface area contributed by atoms with Crippen LogP contribution in [-0.2, 0) is 9.59 Å². The number of aromatic carboxylic acids is 1. The van der Waals surface area contributed by atoms with Crippen molar-refractivity contribution in [3.8, 4) is 5.69 Å². The summed E-state index contributed by atoms with van der Waals surface area (Å²) in [5, 5.41) is 11.5. The maximum absolute atomic E-state index is 13.1. The summed E-state index contributed by atoms with van der Waals surface area (Å²) in [7, 11) is 0. The van der Waals surface area contributed by atoms with Gasteiger partial charge < -0.3 is 9.67 Å². The van der Waals surface area contributed by atoms with Crippen molar-refractivity contribution < 1.29 is 24.3 Å². The van der Waals surface area contributed by atoms with Gasteiger partial charge in [0.05, 0.1) is 11.3 Å². The molecule has 166 valence electrons. The van der Waals surface area contributed by atoms with Gasteiger partial charge in [0.15, 0.2) is 0 Å². The summed E-state index contributed by atoms with van der Waals surface area (Å²) in [5.74, 6) is -2.55. The first kappa shape index (κ1) is 22.2. The zero-order valence-corrected chi connectivity index (χ0v) is 19.2. The van der Waals surface area contributed by atoms with Crippen LogP contribution in [0.1, 0.15) is 27.3 Å². The van der Waals surface area contributed by atoms with E-state index in [1.165, 1.54) is 12.1 Å². The molecule has 1 aliphatic heterocycles. The Morgan fingerprint density at radius 3 is 2.36 bits per heavy atom. The number of nitrogens with zero attached hydrogens (tertiary/aromatic N) is 2. The topological polar surface area (TPSA) is 109 Å². The number of aromatic nitrogens is 1. The van der Waals surface area contributed by atoms with E-state index < -0.39 is 23.8 Å². The van der Waals surface area contributed by atoms with Crippen molar-refractivity contribution in [1.82, 2.24) is 9.88 Å². The number of aryl methyl sites for hydroxylation is 1. The van der Waals surface area contributed by atoms with Gasteiger partial charge in [-0.1, -0.05) is 22.0 Å². The molecule has 0 aliphatic carbocycles. The van der Waals surface area contributed by atoms with Crippen molar-refractivity contribution in [2.45, 2.75) is 13.8 Å². The van der Waals surface area contributed by atoms with E-state index in [4.69, 9.17) is 0 Å². The predicted molar refractivity (Wildman–Crippen MR) is 125 cm³/mol. The third-order valence-corrected chi connectivity index (χ3v) is 5.84. The average Bonchev–Trinajstić information content (AvgIpc) is 3.05. The summed E-state index contributed by atoms with van der Waals surface area (Å²) < 4.78 is 2.61. The Bertz CT molecular complexity index is 1350. The maximum Gasteiger partial charge on any atom is 0.335 e. The smallest absolute Gasteiger partial charge is 0.335 e. The third kappa shape index (κ3) is 4.10. The molecule has 2 N–H and O–H groups in total. The normalized spacial score (nSPS) is 15.2. The molecule has 1 aliphatic rings. The number of halogens is 1. The molecule has 1 aromatic heterocycles. The van der Waals surface area contributed by atoms with Gasteiger partial charge >= 0.3 is 12.0 Å². The predicted octanol–water partition coefficient (Wildman–Crippen LogP) is 4.22. The van der Waals surface area contributed by atoms with E-state index in [0.717, 1.165) is 15.1 Å². The molecule has 0 bridgehead atoms. The summed E-state index contributed by atoms with van der Waals surface area (Å²) in [6, 6.07) is 14.0. The lowest BCUT2D eigenvalue weighted by Gasteiger charge is -2.26. The van der Waals surface area contributed by atoms with Gasteiger partial charge in [0.1, 0.15) is 5.57 Å². The van der Waals surface area contributed by atoms with Gasteiger partial charge in [0.2, 0.25) is 0 Å². The van der Waals surface area contributed by atoms with Crippen molar-refractivity contribution >= 4 is 51.5 Å². The van der Waals surface area contributed by atoms with Gasteiger partial charge in [0, 0.05) is 21.5 Å². The number of nitrogens with one attached hydrogen (secondary N) is 1. The van der Waals surface area contributed by atoms with Crippen LogP contribution in [0.5, 0.6) is 0 Å². The molecule has 2 aromatic carbocycles. The zero-order chi connectivity index (χ0) is 23.9. The number of urea groups is 1. The van der Waals surface area contributed by atoms with Crippen molar-refractivity contribution in [1.29, 1.82) is 0 Å². The lowest BCUT2D eigenvalue weighted by Crippen LogP contribution is -2.54. The van der Waals surface area contributed by atoms with Gasteiger partial charge in [-0.3, -0.25) is 14.9 Å². The fraction of sp³-hybridized carbons (Fsp3) is 0.0833. The molecule has 4 amide bonds. The van der Waals surface area contributed by atoms with E-state index in [2.05, 4.69) is 21.2 Å². The summed E-state index contributed by atoms with van der Waals surface area (Å²) in [6.07, 6.45) is 1.44. The standard InChI is InChI=1S/C24H18BrN3O5/c1-13-10-16(14(2)27(13)19-5-3-4-15(11-19)23(31)32)12-20-21(29)26-24(33)28(22(20)30)18-8-6-17(25)7-9-18/h3-12H,1-2H3,(H,31,32)(H,26,29,33)/b20-12-. The largest absolute Gasteiger partial charge is 0.478 e. The van der Waals surface area contributed by atoms with Crippen LogP contribution >= 0.6 is 15.9 Å². The van der Waals surface area contributed by atoms with E-state index in [9.17, 15) is 24.3 Å². The van der Waals surface area contributed by atoms with Gasteiger partial charge in [-0.05, 0) is 74.0 Å². The minimum absolute atomic E-state index is 0.144. The zero-order valence-electron chi connectivity index (χ0n) is 17.6. The van der Waals surface area contributed by atoms with Crippen LogP contribution in [0.4, 0.5) is 10.5 Å². The van der Waals surface area contributed by atoms with Gasteiger partial charge in [-0.15, -0.1) is 0 Å². The van der Waals surface area contributed by atoms with E-state index >= 15 is 0 Å². The number of hydrogen-bond acceptors (Lipinski definition) is 4. The molecule has 33 heavy (non-hydrogen) atoms. The Hall–Kier alpha value is -3.98. The number of carboxylic acids is 1. The van der Waals surface area contributed by atoms with Crippen LogP contribution in [0.25, 0.3) is 11.8 Å². The summed E-state index contributed by atoms with van der Waals surface area (Å²) in [4.78, 5) is 50.3. The molecule has 8 nitrogen and oxygen atoms in total.